The molecule has 0 spiro atoms. The smallest absolute Gasteiger partial charge is 0.317 e. The quantitative estimate of drug-likeness (QED) is 0.673. The number of nitro groups is 1. The summed E-state index contributed by atoms with van der Waals surface area (Å²) in [7, 11) is 1.63. The second kappa shape index (κ2) is 4.42. The number of nitro benzene ring substituents is 1. The first kappa shape index (κ1) is 11.4. The molecular formula is C10H9ClN4O2. The highest BCUT2D eigenvalue weighted by molar-refractivity contribution is 6.30. The Morgan fingerprint density at radius 3 is 2.82 bits per heavy atom. The van der Waals surface area contributed by atoms with E-state index < -0.39 is 4.92 Å². The van der Waals surface area contributed by atoms with Crippen molar-refractivity contribution in [3.63, 3.8) is 0 Å². The zero-order chi connectivity index (χ0) is 12.4. The number of hydrogen-bond donors (Lipinski definition) is 1. The number of anilines is 1. The summed E-state index contributed by atoms with van der Waals surface area (Å²) in [6.07, 6.45) is 2.95. The molecule has 0 saturated heterocycles. The van der Waals surface area contributed by atoms with Crippen LogP contribution in [0.3, 0.4) is 0 Å². The molecule has 0 atom stereocenters. The minimum atomic E-state index is -0.448. The van der Waals surface area contributed by atoms with Crippen LogP contribution in [0.4, 0.5) is 11.4 Å². The van der Waals surface area contributed by atoms with Gasteiger partial charge < -0.3 is 5.32 Å². The van der Waals surface area contributed by atoms with Crippen molar-refractivity contribution < 1.29 is 4.92 Å². The number of rotatable bonds is 3. The van der Waals surface area contributed by atoms with Gasteiger partial charge in [-0.15, -0.1) is 0 Å². The monoisotopic (exact) mass is 252 g/mol. The predicted octanol–water partition coefficient (Wildman–Crippen LogP) is 2.48. The van der Waals surface area contributed by atoms with Gasteiger partial charge in [-0.2, -0.15) is 5.10 Å². The topological polar surface area (TPSA) is 73.0 Å². The van der Waals surface area contributed by atoms with E-state index in [1.807, 2.05) is 0 Å². The van der Waals surface area contributed by atoms with Crippen LogP contribution in [0.25, 0.3) is 5.69 Å². The lowest BCUT2D eigenvalue weighted by Gasteiger charge is -2.06. The van der Waals surface area contributed by atoms with Crippen molar-refractivity contribution in [3.05, 3.63) is 45.7 Å². The maximum atomic E-state index is 11.1. The highest BCUT2D eigenvalue weighted by Crippen LogP contribution is 2.31. The Hall–Kier alpha value is -2.08. The average Bonchev–Trinajstić information content (AvgIpc) is 2.74. The molecule has 0 aliphatic heterocycles. The number of halogens is 1. The van der Waals surface area contributed by atoms with Crippen molar-refractivity contribution in [2.75, 3.05) is 12.4 Å². The van der Waals surface area contributed by atoms with Gasteiger partial charge in [-0.05, 0) is 12.1 Å². The first-order chi connectivity index (χ1) is 8.13. The van der Waals surface area contributed by atoms with Gasteiger partial charge >= 0.3 is 5.69 Å². The molecule has 0 fully saturated rings. The summed E-state index contributed by atoms with van der Waals surface area (Å²) in [5.41, 5.74) is 0.766. The van der Waals surface area contributed by atoms with Crippen molar-refractivity contribution >= 4 is 23.0 Å². The fraction of sp³-hybridized carbons (Fsp3) is 0.100. The predicted molar refractivity (Wildman–Crippen MR) is 64.8 cm³/mol. The first-order valence-electron chi connectivity index (χ1n) is 4.79. The van der Waals surface area contributed by atoms with Crippen LogP contribution in [0.2, 0.25) is 5.02 Å². The largest absolute Gasteiger partial charge is 0.382 e. The van der Waals surface area contributed by atoms with Crippen LogP contribution < -0.4 is 5.32 Å². The van der Waals surface area contributed by atoms with Gasteiger partial charge in [0.1, 0.15) is 11.4 Å². The van der Waals surface area contributed by atoms with E-state index in [1.54, 1.807) is 25.2 Å². The van der Waals surface area contributed by atoms with Gasteiger partial charge in [0.05, 0.1) is 16.1 Å². The summed E-state index contributed by atoms with van der Waals surface area (Å²) in [4.78, 5) is 10.6. The first-order valence-corrected chi connectivity index (χ1v) is 5.17. The Bertz CT molecular complexity index is 567. The molecule has 0 unspecified atom stereocenters. The Labute approximate surface area is 102 Å². The van der Waals surface area contributed by atoms with E-state index in [4.69, 9.17) is 11.6 Å². The van der Waals surface area contributed by atoms with Gasteiger partial charge in [-0.3, -0.25) is 10.1 Å². The molecule has 0 amide bonds. The maximum Gasteiger partial charge on any atom is 0.317 e. The number of para-hydroxylation sites is 1. The third-order valence-corrected chi connectivity index (χ3v) is 2.46. The minimum absolute atomic E-state index is 0.0326. The molecule has 1 aromatic carbocycles. The van der Waals surface area contributed by atoms with E-state index in [-0.39, 0.29) is 5.69 Å². The van der Waals surface area contributed by atoms with Crippen molar-refractivity contribution in [3.8, 4) is 5.69 Å². The molecule has 1 N–H and O–H groups in total. The van der Waals surface area contributed by atoms with Crippen LogP contribution in [-0.4, -0.2) is 21.8 Å². The molecule has 0 bridgehead atoms. The SMILES string of the molecule is CNc1cccc(-n2cc(Cl)cn2)c1[N+](=O)[O-]. The summed E-state index contributed by atoms with van der Waals surface area (Å²) >= 11 is 5.75. The van der Waals surface area contributed by atoms with E-state index in [0.717, 1.165) is 0 Å². The third-order valence-electron chi connectivity index (χ3n) is 2.26. The number of hydrogen-bond acceptors (Lipinski definition) is 4. The normalized spacial score (nSPS) is 10.2. The van der Waals surface area contributed by atoms with Gasteiger partial charge in [0, 0.05) is 13.2 Å². The van der Waals surface area contributed by atoms with E-state index in [9.17, 15) is 10.1 Å². The lowest BCUT2D eigenvalue weighted by atomic mass is 10.2. The molecule has 0 saturated carbocycles. The molecule has 0 aliphatic carbocycles. The molecule has 7 heteroatoms. The molecular weight excluding hydrogens is 244 g/mol. The second-order valence-corrected chi connectivity index (χ2v) is 3.72. The molecule has 0 radical (unpaired) electrons. The number of benzene rings is 1. The summed E-state index contributed by atoms with van der Waals surface area (Å²) in [6, 6.07) is 4.96. The van der Waals surface area contributed by atoms with Crippen LogP contribution in [0.15, 0.2) is 30.6 Å². The highest BCUT2D eigenvalue weighted by atomic mass is 35.5. The standard InChI is InChI=1S/C10H9ClN4O2/c1-12-8-3-2-4-9(10(8)15(16)17)14-6-7(11)5-13-14/h2-6,12H,1H3. The molecule has 1 heterocycles. The zero-order valence-corrected chi connectivity index (χ0v) is 9.68. The van der Waals surface area contributed by atoms with E-state index in [2.05, 4.69) is 10.4 Å². The molecule has 1 aromatic heterocycles. The third kappa shape index (κ3) is 2.07. The summed E-state index contributed by atoms with van der Waals surface area (Å²) < 4.78 is 1.38. The highest BCUT2D eigenvalue weighted by Gasteiger charge is 2.20. The molecule has 2 aromatic rings. The summed E-state index contributed by atoms with van der Waals surface area (Å²) in [5, 5.41) is 18.2. The number of nitrogens with one attached hydrogen (secondary N) is 1. The van der Waals surface area contributed by atoms with Gasteiger partial charge in [-0.25, -0.2) is 4.68 Å². The van der Waals surface area contributed by atoms with E-state index in [1.165, 1.54) is 17.1 Å². The molecule has 6 nitrogen and oxygen atoms in total. The fourth-order valence-corrected chi connectivity index (χ4v) is 1.68. The Morgan fingerprint density at radius 2 is 2.29 bits per heavy atom. The minimum Gasteiger partial charge on any atom is -0.382 e. The molecule has 0 aliphatic rings. The Balaban J connectivity index is 2.65. The number of nitrogens with zero attached hydrogens (tertiary/aromatic N) is 3. The van der Waals surface area contributed by atoms with E-state index in [0.29, 0.717) is 16.4 Å². The Morgan fingerprint density at radius 1 is 1.53 bits per heavy atom. The molecule has 17 heavy (non-hydrogen) atoms. The van der Waals surface area contributed by atoms with Crippen LogP contribution in [0, 0.1) is 10.1 Å². The molecule has 88 valence electrons. The lowest BCUT2D eigenvalue weighted by Crippen LogP contribution is -2.03. The second-order valence-electron chi connectivity index (χ2n) is 3.28. The van der Waals surface area contributed by atoms with Crippen LogP contribution in [-0.2, 0) is 0 Å². The van der Waals surface area contributed by atoms with Crippen LogP contribution in [0.5, 0.6) is 0 Å². The molecule has 2 rings (SSSR count). The number of aromatic nitrogens is 2. The summed E-state index contributed by atoms with van der Waals surface area (Å²) in [6.45, 7) is 0. The van der Waals surface area contributed by atoms with Gasteiger partial charge in [0.25, 0.3) is 0 Å². The van der Waals surface area contributed by atoms with Gasteiger partial charge in [0.15, 0.2) is 0 Å². The lowest BCUT2D eigenvalue weighted by molar-refractivity contribution is -0.383. The zero-order valence-electron chi connectivity index (χ0n) is 8.92. The van der Waals surface area contributed by atoms with Crippen molar-refractivity contribution in [1.82, 2.24) is 9.78 Å². The summed E-state index contributed by atoms with van der Waals surface area (Å²) in [5.74, 6) is 0. The van der Waals surface area contributed by atoms with Crippen LogP contribution in [0.1, 0.15) is 0 Å². The van der Waals surface area contributed by atoms with Crippen molar-refractivity contribution in [1.29, 1.82) is 0 Å². The van der Waals surface area contributed by atoms with E-state index >= 15 is 0 Å². The van der Waals surface area contributed by atoms with Gasteiger partial charge in [-0.1, -0.05) is 17.7 Å². The van der Waals surface area contributed by atoms with Crippen molar-refractivity contribution in [2.24, 2.45) is 0 Å². The van der Waals surface area contributed by atoms with Crippen molar-refractivity contribution in [2.45, 2.75) is 0 Å². The average molecular weight is 253 g/mol. The van der Waals surface area contributed by atoms with Gasteiger partial charge in [0.2, 0.25) is 0 Å². The van der Waals surface area contributed by atoms with Crippen LogP contribution >= 0.6 is 11.6 Å². The maximum absolute atomic E-state index is 11.1. The Kier molecular flexibility index (Phi) is 2.97. The fourth-order valence-electron chi connectivity index (χ4n) is 1.54.